The van der Waals surface area contributed by atoms with Gasteiger partial charge in [0, 0.05) is 49.6 Å². The molecule has 0 unspecified atom stereocenters. The number of rotatable bonds is 5. The molecular weight excluding hydrogens is 416 g/mol. The molecule has 1 aromatic carbocycles. The Morgan fingerprint density at radius 2 is 1.97 bits per heavy atom. The Morgan fingerprint density at radius 3 is 2.73 bits per heavy atom. The van der Waals surface area contributed by atoms with E-state index in [2.05, 4.69) is 16.5 Å². The van der Waals surface area contributed by atoms with Crippen LogP contribution in [0.1, 0.15) is 31.5 Å². The van der Waals surface area contributed by atoms with Gasteiger partial charge in [-0.05, 0) is 25.5 Å². The van der Waals surface area contributed by atoms with Gasteiger partial charge < -0.3 is 15.4 Å². The van der Waals surface area contributed by atoms with Crippen LogP contribution in [-0.4, -0.2) is 50.8 Å². The summed E-state index contributed by atoms with van der Waals surface area (Å²) in [6, 6.07) is 7.43. The number of aromatic nitrogens is 5. The SMILES string of the molecule is C=Cc1c(N)cccc1-c1nc(N2CCCOCC2)nc(-n2cnc(/C=C\C)c2)n1.CC#N. The number of anilines is 2. The maximum Gasteiger partial charge on any atom is 0.240 e. The van der Waals surface area contributed by atoms with Crippen molar-refractivity contribution in [2.45, 2.75) is 20.3 Å². The number of allylic oxidation sites excluding steroid dienone is 1. The normalized spacial score (nSPS) is 13.7. The minimum atomic E-state index is 0.501. The average Bonchev–Trinajstić information content (AvgIpc) is 3.12. The van der Waals surface area contributed by atoms with Gasteiger partial charge in [-0.2, -0.15) is 20.2 Å². The van der Waals surface area contributed by atoms with E-state index >= 15 is 0 Å². The van der Waals surface area contributed by atoms with Crippen molar-refractivity contribution in [2.75, 3.05) is 36.9 Å². The van der Waals surface area contributed by atoms with Gasteiger partial charge in [0.2, 0.25) is 11.9 Å². The minimum absolute atomic E-state index is 0.501. The molecule has 2 aromatic heterocycles. The molecule has 1 fully saturated rings. The van der Waals surface area contributed by atoms with Gasteiger partial charge in [-0.1, -0.05) is 30.9 Å². The van der Waals surface area contributed by atoms with Crippen molar-refractivity contribution >= 4 is 23.8 Å². The smallest absolute Gasteiger partial charge is 0.240 e. The van der Waals surface area contributed by atoms with E-state index in [4.69, 9.17) is 30.7 Å². The summed E-state index contributed by atoms with van der Waals surface area (Å²) < 4.78 is 7.40. The number of nitrogen functional groups attached to an aromatic ring is 1. The lowest BCUT2D eigenvalue weighted by Gasteiger charge is -2.20. The molecule has 4 rings (SSSR count). The number of hydrogen-bond donors (Lipinski definition) is 1. The Kier molecular flexibility index (Phi) is 8.27. The fraction of sp³-hybridized carbons (Fsp3) is 0.292. The van der Waals surface area contributed by atoms with E-state index in [9.17, 15) is 0 Å². The summed E-state index contributed by atoms with van der Waals surface area (Å²) >= 11 is 0. The molecule has 0 atom stereocenters. The molecule has 3 aromatic rings. The van der Waals surface area contributed by atoms with Crippen molar-refractivity contribution in [1.82, 2.24) is 24.5 Å². The Bertz CT molecular complexity index is 1150. The van der Waals surface area contributed by atoms with Gasteiger partial charge >= 0.3 is 0 Å². The predicted molar refractivity (Wildman–Crippen MR) is 131 cm³/mol. The van der Waals surface area contributed by atoms with Gasteiger partial charge in [0.1, 0.15) is 6.33 Å². The monoisotopic (exact) mass is 444 g/mol. The van der Waals surface area contributed by atoms with Gasteiger partial charge in [0.25, 0.3) is 0 Å². The topological polar surface area (TPSA) is 119 Å². The first kappa shape index (κ1) is 23.6. The number of benzene rings is 1. The molecule has 1 aliphatic rings. The third kappa shape index (κ3) is 5.81. The average molecular weight is 445 g/mol. The fourth-order valence-electron chi connectivity index (χ4n) is 3.39. The summed E-state index contributed by atoms with van der Waals surface area (Å²) in [5.74, 6) is 1.66. The molecule has 9 heteroatoms. The van der Waals surface area contributed by atoms with Gasteiger partial charge in [0.05, 0.1) is 18.4 Å². The lowest BCUT2D eigenvalue weighted by molar-refractivity contribution is 0.152. The molecule has 0 amide bonds. The van der Waals surface area contributed by atoms with Crippen LogP contribution in [0.5, 0.6) is 0 Å². The highest BCUT2D eigenvalue weighted by atomic mass is 16.5. The van der Waals surface area contributed by atoms with Gasteiger partial charge in [-0.3, -0.25) is 4.57 Å². The maximum absolute atomic E-state index is 7.32. The molecule has 0 radical (unpaired) electrons. The van der Waals surface area contributed by atoms with Gasteiger partial charge in [-0.15, -0.1) is 0 Å². The van der Waals surface area contributed by atoms with Crippen molar-refractivity contribution < 1.29 is 4.74 Å². The molecule has 1 aliphatic heterocycles. The highest BCUT2D eigenvalue weighted by Crippen LogP contribution is 2.28. The molecule has 1 saturated heterocycles. The minimum Gasteiger partial charge on any atom is -0.398 e. The van der Waals surface area contributed by atoms with E-state index < -0.39 is 0 Å². The Labute approximate surface area is 193 Å². The van der Waals surface area contributed by atoms with Crippen molar-refractivity contribution in [3.05, 3.63) is 54.6 Å². The number of nitrogens with two attached hydrogens (primary N) is 1. The summed E-state index contributed by atoms with van der Waals surface area (Å²) in [6.45, 7) is 10.2. The molecule has 0 bridgehead atoms. The molecule has 3 heterocycles. The lowest BCUT2D eigenvalue weighted by Crippen LogP contribution is -2.28. The zero-order valence-corrected chi connectivity index (χ0v) is 19.0. The van der Waals surface area contributed by atoms with Crippen LogP contribution in [0.25, 0.3) is 29.5 Å². The zero-order chi connectivity index (χ0) is 23.6. The van der Waals surface area contributed by atoms with Gasteiger partial charge in [-0.25, -0.2) is 4.98 Å². The van der Waals surface area contributed by atoms with Crippen LogP contribution in [0.3, 0.4) is 0 Å². The molecule has 9 nitrogen and oxygen atoms in total. The van der Waals surface area contributed by atoms with Crippen LogP contribution in [-0.2, 0) is 4.74 Å². The molecule has 0 aliphatic carbocycles. The molecule has 0 spiro atoms. The van der Waals surface area contributed by atoms with E-state index in [1.165, 1.54) is 6.92 Å². The summed E-state index contributed by atoms with van der Waals surface area (Å²) in [7, 11) is 0. The zero-order valence-electron chi connectivity index (χ0n) is 19.0. The van der Waals surface area contributed by atoms with Crippen LogP contribution in [0.2, 0.25) is 0 Å². The number of nitriles is 1. The first-order valence-corrected chi connectivity index (χ1v) is 10.7. The largest absolute Gasteiger partial charge is 0.398 e. The molecule has 2 N–H and O–H groups in total. The number of hydrogen-bond acceptors (Lipinski definition) is 8. The number of imidazole rings is 1. The molecule has 33 heavy (non-hydrogen) atoms. The highest BCUT2D eigenvalue weighted by Gasteiger charge is 2.19. The van der Waals surface area contributed by atoms with Crippen LogP contribution in [0.15, 0.2) is 43.4 Å². The molecule has 0 saturated carbocycles. The van der Waals surface area contributed by atoms with E-state index in [-0.39, 0.29) is 0 Å². The lowest BCUT2D eigenvalue weighted by atomic mass is 10.0. The summed E-state index contributed by atoms with van der Waals surface area (Å²) in [6.07, 6.45) is 10.1. The third-order valence-electron chi connectivity index (χ3n) is 4.87. The predicted octanol–water partition coefficient (Wildman–Crippen LogP) is 3.74. The molecular formula is C24H28N8O. The van der Waals surface area contributed by atoms with Crippen molar-refractivity contribution in [3.63, 3.8) is 0 Å². The first-order valence-electron chi connectivity index (χ1n) is 10.7. The summed E-state index contributed by atoms with van der Waals surface area (Å²) in [5, 5.41) is 7.32. The maximum atomic E-state index is 7.32. The Hall–Kier alpha value is -4.03. The number of ether oxygens (including phenoxy) is 1. The van der Waals surface area contributed by atoms with Crippen LogP contribution >= 0.6 is 0 Å². The quantitative estimate of drug-likeness (QED) is 0.591. The van der Waals surface area contributed by atoms with Crippen molar-refractivity contribution in [2.24, 2.45) is 0 Å². The summed E-state index contributed by atoms with van der Waals surface area (Å²) in [5.41, 5.74) is 9.25. The second kappa shape index (κ2) is 11.5. The Morgan fingerprint density at radius 1 is 1.18 bits per heavy atom. The van der Waals surface area contributed by atoms with Crippen LogP contribution in [0.4, 0.5) is 11.6 Å². The van der Waals surface area contributed by atoms with Crippen molar-refractivity contribution in [3.8, 4) is 23.4 Å². The van der Waals surface area contributed by atoms with E-state index in [1.807, 2.05) is 43.5 Å². The van der Waals surface area contributed by atoms with Gasteiger partial charge in [0.15, 0.2) is 5.82 Å². The van der Waals surface area contributed by atoms with E-state index in [0.717, 1.165) is 42.9 Å². The first-order chi connectivity index (χ1) is 16.1. The standard InChI is InChI=1S/C22H25N7O.C2H3N/c1-3-7-16-14-29(15-24-16)22-26-20(18-8-5-9-19(23)17(18)4-2)25-21(27-22)28-10-6-12-30-13-11-28;1-2-3/h3-5,7-9,14-15H,2,6,10-13,23H2,1H3;1H3/b7-3-;. The van der Waals surface area contributed by atoms with Crippen LogP contribution in [0, 0.1) is 11.3 Å². The Balaban J connectivity index is 0.000000968. The molecule has 170 valence electrons. The van der Waals surface area contributed by atoms with E-state index in [0.29, 0.717) is 30.0 Å². The third-order valence-corrected chi connectivity index (χ3v) is 4.87. The highest BCUT2D eigenvalue weighted by molar-refractivity contribution is 5.79. The van der Waals surface area contributed by atoms with E-state index in [1.54, 1.807) is 23.0 Å². The second-order valence-electron chi connectivity index (χ2n) is 7.15. The second-order valence-corrected chi connectivity index (χ2v) is 7.15. The fourth-order valence-corrected chi connectivity index (χ4v) is 3.39. The van der Waals surface area contributed by atoms with Crippen LogP contribution < -0.4 is 10.6 Å². The number of nitrogens with zero attached hydrogens (tertiary/aromatic N) is 7. The summed E-state index contributed by atoms with van der Waals surface area (Å²) in [4.78, 5) is 20.8. The van der Waals surface area contributed by atoms with Crippen molar-refractivity contribution in [1.29, 1.82) is 5.26 Å².